The number of hydrogen-bond donors (Lipinski definition) is 0. The number of hydrogen-bond acceptors (Lipinski definition) is 3. The minimum Gasteiger partial charge on any atom is -0.288 e. The summed E-state index contributed by atoms with van der Waals surface area (Å²) >= 11 is 1.37. The van der Waals surface area contributed by atoms with Crippen molar-refractivity contribution in [3.8, 4) is 0 Å². The van der Waals surface area contributed by atoms with Crippen molar-refractivity contribution in [3.05, 3.63) is 46.4 Å². The van der Waals surface area contributed by atoms with E-state index in [1.807, 2.05) is 6.26 Å². The van der Waals surface area contributed by atoms with Crippen LogP contribution in [0.3, 0.4) is 0 Å². The smallest absolute Gasteiger partial charge is 0.198 e. The Hall–Kier alpha value is -1.35. The number of carbonyl (C=O) groups is 2. The van der Waals surface area contributed by atoms with Gasteiger partial charge in [0.15, 0.2) is 11.6 Å². The first-order valence-electron chi connectivity index (χ1n) is 4.17. The molecule has 0 unspecified atom stereocenters. The topological polar surface area (TPSA) is 34.1 Å². The zero-order valence-electron chi connectivity index (χ0n) is 7.61. The first kappa shape index (κ1) is 9.21. The van der Waals surface area contributed by atoms with Crippen LogP contribution in [0.5, 0.6) is 0 Å². The Kier molecular flexibility index (Phi) is 2.25. The van der Waals surface area contributed by atoms with Gasteiger partial charge < -0.3 is 0 Å². The van der Waals surface area contributed by atoms with Gasteiger partial charge in [-0.3, -0.25) is 9.59 Å². The summed E-state index contributed by atoms with van der Waals surface area (Å²) in [4.78, 5) is 23.4. The van der Waals surface area contributed by atoms with Crippen LogP contribution in [0.2, 0.25) is 0 Å². The van der Waals surface area contributed by atoms with Crippen LogP contribution in [0.25, 0.3) is 0 Å². The molecule has 0 aromatic heterocycles. The number of allylic oxidation sites excluding steroid dienone is 1. The molecule has 14 heavy (non-hydrogen) atoms. The summed E-state index contributed by atoms with van der Waals surface area (Å²) in [6.07, 6.45) is 1.83. The summed E-state index contributed by atoms with van der Waals surface area (Å²) in [5, 5.41) is 1.62. The molecule has 1 aliphatic rings. The molecular formula is C11H8O2S. The maximum atomic E-state index is 11.7. The van der Waals surface area contributed by atoms with Crippen molar-refractivity contribution in [2.45, 2.75) is 0 Å². The van der Waals surface area contributed by atoms with Crippen LogP contribution in [0.4, 0.5) is 0 Å². The first-order valence-corrected chi connectivity index (χ1v) is 5.46. The maximum absolute atomic E-state index is 11.7. The predicted octanol–water partition coefficient (Wildman–Crippen LogP) is 2.31. The lowest BCUT2D eigenvalue weighted by Gasteiger charge is -1.90. The molecule has 1 aromatic rings. The van der Waals surface area contributed by atoms with Gasteiger partial charge in [0.25, 0.3) is 0 Å². The fraction of sp³-hybridized carbons (Fsp3) is 0.0909. The largest absolute Gasteiger partial charge is 0.288 e. The molecule has 0 saturated heterocycles. The highest BCUT2D eigenvalue weighted by Crippen LogP contribution is 2.27. The van der Waals surface area contributed by atoms with E-state index in [1.165, 1.54) is 11.8 Å². The van der Waals surface area contributed by atoms with Crippen molar-refractivity contribution in [2.75, 3.05) is 6.26 Å². The van der Waals surface area contributed by atoms with Crippen molar-refractivity contribution in [3.63, 3.8) is 0 Å². The fourth-order valence-corrected chi connectivity index (χ4v) is 1.95. The van der Waals surface area contributed by atoms with Crippen LogP contribution in [0.15, 0.2) is 35.2 Å². The van der Waals surface area contributed by atoms with Crippen LogP contribution in [-0.2, 0) is 0 Å². The second-order valence-corrected chi connectivity index (χ2v) is 3.68. The summed E-state index contributed by atoms with van der Waals surface area (Å²) < 4.78 is 0. The summed E-state index contributed by atoms with van der Waals surface area (Å²) in [7, 11) is 0. The zero-order chi connectivity index (χ0) is 10.1. The van der Waals surface area contributed by atoms with Crippen LogP contribution in [0, 0.1) is 0 Å². The van der Waals surface area contributed by atoms with Crippen LogP contribution < -0.4 is 0 Å². The summed E-state index contributed by atoms with van der Waals surface area (Å²) in [6, 6.07) is 6.92. The first-order chi connectivity index (χ1) is 6.75. The van der Waals surface area contributed by atoms with E-state index in [4.69, 9.17) is 0 Å². The zero-order valence-corrected chi connectivity index (χ0v) is 8.43. The Morgan fingerprint density at radius 1 is 1.07 bits per heavy atom. The molecule has 70 valence electrons. The van der Waals surface area contributed by atoms with Crippen molar-refractivity contribution < 1.29 is 9.59 Å². The second-order valence-electron chi connectivity index (χ2n) is 2.97. The average Bonchev–Trinajstić information content (AvgIpc) is 2.45. The Morgan fingerprint density at radius 2 is 1.57 bits per heavy atom. The molecule has 1 aromatic carbocycles. The third-order valence-corrected chi connectivity index (χ3v) is 2.61. The maximum Gasteiger partial charge on any atom is 0.198 e. The molecule has 3 heteroatoms. The number of Topliss-reactive ketones (excluding diaryl/α,β-unsaturated/α-hetero) is 2. The minimum atomic E-state index is -0.153. The molecule has 1 aliphatic carbocycles. The molecule has 0 fully saturated rings. The highest BCUT2D eigenvalue weighted by atomic mass is 32.2. The second kappa shape index (κ2) is 3.42. The number of ketones is 2. The molecule has 2 rings (SSSR count). The molecular weight excluding hydrogens is 196 g/mol. The molecule has 0 amide bonds. The highest BCUT2D eigenvalue weighted by molar-refractivity contribution is 8.01. The van der Waals surface area contributed by atoms with Crippen molar-refractivity contribution in [2.24, 2.45) is 0 Å². The highest BCUT2D eigenvalue weighted by Gasteiger charge is 2.32. The van der Waals surface area contributed by atoms with Crippen LogP contribution in [-0.4, -0.2) is 17.8 Å². The van der Waals surface area contributed by atoms with Gasteiger partial charge in [0.1, 0.15) is 0 Å². The number of rotatable bonds is 1. The molecule has 0 radical (unpaired) electrons. The Morgan fingerprint density at radius 3 is 2.00 bits per heavy atom. The number of thioether (sulfide) groups is 1. The Balaban J connectivity index is 2.60. The quantitative estimate of drug-likeness (QED) is 0.520. The lowest BCUT2D eigenvalue weighted by Crippen LogP contribution is -1.99. The molecule has 0 spiro atoms. The standard InChI is InChI=1S/C11H8O2S/c1-14-6-9-10(12)7-4-2-3-5-8(7)11(9)13/h2-6H,1H3. The lowest BCUT2D eigenvalue weighted by molar-refractivity contribution is 0.0989. The van der Waals surface area contributed by atoms with E-state index in [0.717, 1.165) is 0 Å². The van der Waals surface area contributed by atoms with Gasteiger partial charge in [0, 0.05) is 11.1 Å². The van der Waals surface area contributed by atoms with Gasteiger partial charge in [0.05, 0.1) is 5.57 Å². The van der Waals surface area contributed by atoms with E-state index >= 15 is 0 Å². The van der Waals surface area contributed by atoms with E-state index in [9.17, 15) is 9.59 Å². The number of benzene rings is 1. The monoisotopic (exact) mass is 204 g/mol. The van der Waals surface area contributed by atoms with Crippen molar-refractivity contribution in [1.29, 1.82) is 0 Å². The predicted molar refractivity (Wildman–Crippen MR) is 56.7 cm³/mol. The Bertz CT molecular complexity index is 409. The van der Waals surface area contributed by atoms with Gasteiger partial charge in [-0.05, 0) is 11.7 Å². The number of carbonyl (C=O) groups excluding carboxylic acids is 2. The van der Waals surface area contributed by atoms with Gasteiger partial charge in [0.2, 0.25) is 0 Å². The third-order valence-electron chi connectivity index (χ3n) is 2.14. The molecule has 0 aliphatic heterocycles. The molecule has 0 N–H and O–H groups in total. The summed E-state index contributed by atoms with van der Waals surface area (Å²) in [5.74, 6) is -0.306. The lowest BCUT2D eigenvalue weighted by atomic mass is 10.1. The van der Waals surface area contributed by atoms with Gasteiger partial charge in [-0.2, -0.15) is 0 Å². The van der Waals surface area contributed by atoms with Gasteiger partial charge in [-0.25, -0.2) is 0 Å². The summed E-state index contributed by atoms with van der Waals surface area (Å²) in [5.41, 5.74) is 1.34. The minimum absolute atomic E-state index is 0.153. The van der Waals surface area contributed by atoms with Crippen molar-refractivity contribution in [1.82, 2.24) is 0 Å². The molecule has 0 bridgehead atoms. The molecule has 0 atom stereocenters. The van der Waals surface area contributed by atoms with E-state index in [1.54, 1.807) is 29.7 Å². The van der Waals surface area contributed by atoms with Gasteiger partial charge in [-0.15, -0.1) is 11.8 Å². The van der Waals surface area contributed by atoms with E-state index in [2.05, 4.69) is 0 Å². The van der Waals surface area contributed by atoms with Gasteiger partial charge in [-0.1, -0.05) is 24.3 Å². The third kappa shape index (κ3) is 1.21. The van der Waals surface area contributed by atoms with E-state index in [-0.39, 0.29) is 11.6 Å². The Labute approximate surface area is 86.0 Å². The van der Waals surface area contributed by atoms with Crippen LogP contribution in [0.1, 0.15) is 20.7 Å². The number of fused-ring (bicyclic) bond motifs is 1. The average molecular weight is 204 g/mol. The normalized spacial score (nSPS) is 14.5. The fourth-order valence-electron chi connectivity index (χ4n) is 1.50. The van der Waals surface area contributed by atoms with E-state index in [0.29, 0.717) is 16.7 Å². The molecule has 2 nitrogen and oxygen atoms in total. The SMILES string of the molecule is CSC=C1C(=O)c2ccccc2C1=O. The van der Waals surface area contributed by atoms with Crippen LogP contribution >= 0.6 is 11.8 Å². The van der Waals surface area contributed by atoms with E-state index < -0.39 is 0 Å². The van der Waals surface area contributed by atoms with Gasteiger partial charge >= 0.3 is 0 Å². The molecule has 0 saturated carbocycles. The molecule has 0 heterocycles. The summed E-state index contributed by atoms with van der Waals surface area (Å²) in [6.45, 7) is 0. The van der Waals surface area contributed by atoms with Crippen molar-refractivity contribution >= 4 is 23.3 Å².